The Kier molecular flexibility index (Phi) is 1.75. The van der Waals surface area contributed by atoms with Crippen LogP contribution in [-0.2, 0) is 0 Å². The van der Waals surface area contributed by atoms with Crippen LogP contribution in [-0.4, -0.2) is 29.2 Å². The van der Waals surface area contributed by atoms with Gasteiger partial charge in [0.25, 0.3) is 11.8 Å². The average Bonchev–Trinajstić information content (AvgIpc) is 2.44. The van der Waals surface area contributed by atoms with Crippen LogP contribution in [0.2, 0.25) is 0 Å². The molecule has 1 heterocycles. The molecule has 14 heavy (non-hydrogen) atoms. The molecule has 1 N–H and O–H groups in total. The predicted molar refractivity (Wildman–Crippen MR) is 45.3 cm³/mol. The number of carbonyl (C=O) groups is 2. The molecule has 72 valence electrons. The van der Waals surface area contributed by atoms with Gasteiger partial charge in [0.2, 0.25) is 0 Å². The first-order valence-electron chi connectivity index (χ1n) is 3.91. The highest BCUT2D eigenvalue weighted by molar-refractivity contribution is 6.21. The maximum atomic E-state index is 11.4. The number of hydroxylamine groups is 2. The second-order valence-corrected chi connectivity index (χ2v) is 2.80. The highest BCUT2D eigenvalue weighted by Gasteiger charge is 2.37. The summed E-state index contributed by atoms with van der Waals surface area (Å²) in [6.45, 7) is 0. The van der Waals surface area contributed by atoms with E-state index in [4.69, 9.17) is 9.94 Å². The van der Waals surface area contributed by atoms with Gasteiger partial charge in [0.15, 0.2) is 0 Å². The zero-order valence-electron chi connectivity index (χ0n) is 7.35. The van der Waals surface area contributed by atoms with Crippen LogP contribution in [0.25, 0.3) is 0 Å². The lowest BCUT2D eigenvalue weighted by Crippen LogP contribution is -2.25. The van der Waals surface area contributed by atoms with Gasteiger partial charge in [-0.3, -0.25) is 14.8 Å². The van der Waals surface area contributed by atoms with Gasteiger partial charge in [-0.2, -0.15) is 0 Å². The maximum absolute atomic E-state index is 11.4. The number of ether oxygens (including phenoxy) is 1. The number of nitrogens with zero attached hydrogens (tertiary/aromatic N) is 1. The highest BCUT2D eigenvalue weighted by atomic mass is 16.5. The largest absolute Gasteiger partial charge is 0.496 e. The van der Waals surface area contributed by atoms with Crippen molar-refractivity contribution < 1.29 is 19.5 Å². The summed E-state index contributed by atoms with van der Waals surface area (Å²) in [5, 5.41) is 9.18. The molecule has 0 spiro atoms. The van der Waals surface area contributed by atoms with Crippen LogP contribution in [0.4, 0.5) is 0 Å². The topological polar surface area (TPSA) is 66.8 Å². The smallest absolute Gasteiger partial charge is 0.289 e. The van der Waals surface area contributed by atoms with Gasteiger partial charge in [0.1, 0.15) is 5.75 Å². The molecule has 1 aliphatic heterocycles. The van der Waals surface area contributed by atoms with E-state index in [9.17, 15) is 9.59 Å². The van der Waals surface area contributed by atoms with Gasteiger partial charge in [-0.15, -0.1) is 5.06 Å². The van der Waals surface area contributed by atoms with Gasteiger partial charge < -0.3 is 4.74 Å². The summed E-state index contributed by atoms with van der Waals surface area (Å²) in [5.74, 6) is -1.18. The van der Waals surface area contributed by atoms with E-state index in [0.29, 0.717) is 0 Å². The van der Waals surface area contributed by atoms with Crippen molar-refractivity contribution in [2.75, 3.05) is 7.11 Å². The quantitative estimate of drug-likeness (QED) is 0.526. The van der Waals surface area contributed by atoms with Crippen LogP contribution in [0.5, 0.6) is 5.75 Å². The number of methoxy groups -OCH3 is 1. The Balaban J connectivity index is 2.69. The second-order valence-electron chi connectivity index (χ2n) is 2.80. The molecule has 1 aromatic rings. The van der Waals surface area contributed by atoms with Crippen molar-refractivity contribution >= 4 is 11.8 Å². The molecule has 5 heteroatoms. The Morgan fingerprint density at radius 2 is 2.00 bits per heavy atom. The first-order chi connectivity index (χ1) is 6.66. The molecule has 2 rings (SSSR count). The van der Waals surface area contributed by atoms with Crippen LogP contribution in [0.3, 0.4) is 0 Å². The molecule has 0 bridgehead atoms. The van der Waals surface area contributed by atoms with Gasteiger partial charge >= 0.3 is 0 Å². The zero-order valence-corrected chi connectivity index (χ0v) is 7.35. The molecular formula is C9H7NO4. The molecule has 0 radical (unpaired) electrons. The van der Waals surface area contributed by atoms with Crippen LogP contribution in [0.15, 0.2) is 18.2 Å². The lowest BCUT2D eigenvalue weighted by atomic mass is 10.1. The van der Waals surface area contributed by atoms with Crippen LogP contribution in [0.1, 0.15) is 20.7 Å². The molecule has 5 nitrogen and oxygen atoms in total. The van der Waals surface area contributed by atoms with Gasteiger partial charge in [-0.25, -0.2) is 0 Å². The van der Waals surface area contributed by atoms with Crippen molar-refractivity contribution in [1.29, 1.82) is 0 Å². The number of rotatable bonds is 1. The van der Waals surface area contributed by atoms with E-state index < -0.39 is 11.8 Å². The van der Waals surface area contributed by atoms with Crippen molar-refractivity contribution in [3.63, 3.8) is 0 Å². The number of benzene rings is 1. The summed E-state index contributed by atoms with van der Waals surface area (Å²) in [5.41, 5.74) is 0.277. The summed E-state index contributed by atoms with van der Waals surface area (Å²) in [6.07, 6.45) is 0. The van der Waals surface area contributed by atoms with Crippen LogP contribution >= 0.6 is 0 Å². The standard InChI is InChI=1S/C9H7NO4/c1-14-6-4-2-3-5-7(6)9(12)10(13)8(5)11/h2-4,13H,1H3. The molecule has 2 amide bonds. The fourth-order valence-electron chi connectivity index (χ4n) is 1.41. The first kappa shape index (κ1) is 8.71. The number of imide groups is 1. The van der Waals surface area contributed by atoms with E-state index in [2.05, 4.69) is 0 Å². The molecule has 0 aromatic heterocycles. The lowest BCUT2D eigenvalue weighted by molar-refractivity contribution is -0.0328. The second kappa shape index (κ2) is 2.81. The molecular weight excluding hydrogens is 186 g/mol. The summed E-state index contributed by atoms with van der Waals surface area (Å²) in [4.78, 5) is 22.6. The number of hydrogen-bond acceptors (Lipinski definition) is 4. The third-order valence-corrected chi connectivity index (χ3v) is 2.08. The van der Waals surface area contributed by atoms with Gasteiger partial charge in [0, 0.05) is 0 Å². The SMILES string of the molecule is COc1cccc2c1C(=O)N(O)C2=O. The van der Waals surface area contributed by atoms with Gasteiger partial charge in [0.05, 0.1) is 18.2 Å². The van der Waals surface area contributed by atoms with Crippen molar-refractivity contribution in [3.8, 4) is 5.75 Å². The van der Waals surface area contributed by atoms with E-state index in [-0.39, 0.29) is 21.9 Å². The Bertz CT molecular complexity index is 427. The van der Waals surface area contributed by atoms with Crippen molar-refractivity contribution in [2.24, 2.45) is 0 Å². The lowest BCUT2D eigenvalue weighted by Gasteiger charge is -2.03. The summed E-state index contributed by atoms with van der Waals surface area (Å²) >= 11 is 0. The molecule has 1 aliphatic rings. The Hall–Kier alpha value is -1.88. The third-order valence-electron chi connectivity index (χ3n) is 2.08. The van der Waals surface area contributed by atoms with Crippen molar-refractivity contribution in [2.45, 2.75) is 0 Å². The zero-order chi connectivity index (χ0) is 10.3. The number of amides is 2. The number of fused-ring (bicyclic) bond motifs is 1. The van der Waals surface area contributed by atoms with Gasteiger partial charge in [-0.05, 0) is 12.1 Å². The minimum absolute atomic E-state index is 0.0905. The molecule has 0 atom stereocenters. The average molecular weight is 193 g/mol. The fraction of sp³-hybridized carbons (Fsp3) is 0.111. The van der Waals surface area contributed by atoms with E-state index in [1.54, 1.807) is 12.1 Å². The molecule has 0 saturated heterocycles. The molecule has 1 aromatic carbocycles. The van der Waals surface area contributed by atoms with Gasteiger partial charge in [-0.1, -0.05) is 6.07 Å². The van der Waals surface area contributed by atoms with Crippen molar-refractivity contribution in [3.05, 3.63) is 29.3 Å². The normalized spacial score (nSPS) is 14.6. The van der Waals surface area contributed by atoms with E-state index in [1.807, 2.05) is 0 Å². The summed E-state index contributed by atoms with van der Waals surface area (Å²) in [7, 11) is 1.40. The summed E-state index contributed by atoms with van der Waals surface area (Å²) in [6, 6.07) is 4.61. The molecule has 0 fully saturated rings. The Morgan fingerprint density at radius 1 is 1.29 bits per heavy atom. The Labute approximate surface area is 79.5 Å². The minimum Gasteiger partial charge on any atom is -0.496 e. The number of carbonyl (C=O) groups excluding carboxylic acids is 2. The van der Waals surface area contributed by atoms with E-state index >= 15 is 0 Å². The molecule has 0 aliphatic carbocycles. The predicted octanol–water partition coefficient (Wildman–Crippen LogP) is 0.680. The number of hydrogen-bond donors (Lipinski definition) is 1. The van der Waals surface area contributed by atoms with E-state index in [1.165, 1.54) is 13.2 Å². The monoisotopic (exact) mass is 193 g/mol. The highest BCUT2D eigenvalue weighted by Crippen LogP contribution is 2.29. The molecule has 0 saturated carbocycles. The van der Waals surface area contributed by atoms with Crippen molar-refractivity contribution in [1.82, 2.24) is 5.06 Å². The van der Waals surface area contributed by atoms with Crippen LogP contribution in [0, 0.1) is 0 Å². The third kappa shape index (κ3) is 0.928. The molecule has 0 unspecified atom stereocenters. The fourth-order valence-corrected chi connectivity index (χ4v) is 1.41. The summed E-state index contributed by atoms with van der Waals surface area (Å²) < 4.78 is 4.91. The maximum Gasteiger partial charge on any atom is 0.289 e. The first-order valence-corrected chi connectivity index (χ1v) is 3.91. The minimum atomic E-state index is -0.748. The van der Waals surface area contributed by atoms with E-state index in [0.717, 1.165) is 0 Å². The van der Waals surface area contributed by atoms with Crippen LogP contribution < -0.4 is 4.74 Å². The Morgan fingerprint density at radius 3 is 2.64 bits per heavy atom.